The van der Waals surface area contributed by atoms with Crippen LogP contribution in [0.1, 0.15) is 32.1 Å². The Morgan fingerprint density at radius 3 is 1.75 bits per heavy atom. The summed E-state index contributed by atoms with van der Waals surface area (Å²) in [6.45, 7) is -0.0382. The van der Waals surface area contributed by atoms with E-state index in [2.05, 4.69) is 4.74 Å². The van der Waals surface area contributed by atoms with E-state index in [9.17, 15) is 4.79 Å². The molecule has 0 atom stereocenters. The molecule has 0 aliphatic heterocycles. The fourth-order valence-corrected chi connectivity index (χ4v) is 1.93. The Kier molecular flexibility index (Phi) is 8.15. The Labute approximate surface area is 96.0 Å². The lowest BCUT2D eigenvalue weighted by Gasteiger charge is -2.32. The van der Waals surface area contributed by atoms with Crippen LogP contribution in [0.2, 0.25) is 0 Å². The molecular formula is C11H22O5. The van der Waals surface area contributed by atoms with Crippen molar-refractivity contribution in [2.24, 2.45) is 5.41 Å². The molecule has 5 heteroatoms. The summed E-state index contributed by atoms with van der Waals surface area (Å²) in [6.07, 6.45) is 2.19. The van der Waals surface area contributed by atoms with Crippen molar-refractivity contribution in [3.63, 3.8) is 0 Å². The number of hydrogen-bond donors (Lipinski definition) is 3. The van der Waals surface area contributed by atoms with Gasteiger partial charge in [-0.2, -0.15) is 0 Å². The topological polar surface area (TPSA) is 87.0 Å². The van der Waals surface area contributed by atoms with Gasteiger partial charge in [0.25, 0.3) is 0 Å². The van der Waals surface area contributed by atoms with E-state index in [-0.39, 0.29) is 37.6 Å². The van der Waals surface area contributed by atoms with Crippen LogP contribution >= 0.6 is 0 Å². The molecule has 0 spiro atoms. The van der Waals surface area contributed by atoms with E-state index in [1.807, 2.05) is 0 Å². The highest BCUT2D eigenvalue weighted by Gasteiger charge is 2.29. The van der Waals surface area contributed by atoms with Gasteiger partial charge in [-0.05, 0) is 31.1 Å². The first kappa shape index (κ1) is 15.3. The number of esters is 1. The van der Waals surface area contributed by atoms with E-state index in [1.165, 1.54) is 7.11 Å². The Morgan fingerprint density at radius 1 is 1.00 bits per heavy atom. The van der Waals surface area contributed by atoms with Crippen molar-refractivity contribution >= 4 is 5.97 Å². The summed E-state index contributed by atoms with van der Waals surface area (Å²) in [7, 11) is 1.33. The second-order valence-corrected chi connectivity index (χ2v) is 4.00. The maximum Gasteiger partial charge on any atom is 0.305 e. The molecule has 0 saturated heterocycles. The van der Waals surface area contributed by atoms with E-state index in [1.54, 1.807) is 0 Å². The van der Waals surface area contributed by atoms with E-state index in [0.717, 1.165) is 0 Å². The zero-order valence-electron chi connectivity index (χ0n) is 9.81. The summed E-state index contributed by atoms with van der Waals surface area (Å²) >= 11 is 0. The highest BCUT2D eigenvalue weighted by atomic mass is 16.5. The zero-order chi connectivity index (χ0) is 12.4. The van der Waals surface area contributed by atoms with Crippen LogP contribution in [0, 0.1) is 5.41 Å². The summed E-state index contributed by atoms with van der Waals surface area (Å²) in [5.41, 5.74) is -0.369. The van der Waals surface area contributed by atoms with Crippen LogP contribution in [0.4, 0.5) is 0 Å². The molecule has 0 heterocycles. The first-order valence-electron chi connectivity index (χ1n) is 5.53. The first-order chi connectivity index (χ1) is 7.64. The lowest BCUT2D eigenvalue weighted by molar-refractivity contribution is -0.141. The number of aliphatic hydroxyl groups is 3. The van der Waals surface area contributed by atoms with Crippen molar-refractivity contribution in [2.75, 3.05) is 26.9 Å². The van der Waals surface area contributed by atoms with Gasteiger partial charge in [-0.3, -0.25) is 4.79 Å². The maximum absolute atomic E-state index is 11.1. The van der Waals surface area contributed by atoms with Crippen molar-refractivity contribution in [1.82, 2.24) is 0 Å². The number of carbonyl (C=O) groups excluding carboxylic acids is 1. The predicted molar refractivity (Wildman–Crippen MR) is 58.8 cm³/mol. The van der Waals surface area contributed by atoms with Crippen molar-refractivity contribution < 1.29 is 24.9 Å². The normalized spacial score (nSPS) is 11.5. The van der Waals surface area contributed by atoms with Crippen molar-refractivity contribution in [2.45, 2.75) is 32.1 Å². The van der Waals surface area contributed by atoms with Gasteiger partial charge in [-0.25, -0.2) is 0 Å². The molecule has 96 valence electrons. The third kappa shape index (κ3) is 5.44. The average Bonchev–Trinajstić information content (AvgIpc) is 2.27. The second kappa shape index (κ2) is 8.50. The minimum absolute atomic E-state index is 0.0127. The number of ether oxygens (including phenoxy) is 1. The Balaban J connectivity index is 4.39. The van der Waals surface area contributed by atoms with Crippen LogP contribution in [0.3, 0.4) is 0 Å². The highest BCUT2D eigenvalue weighted by Crippen LogP contribution is 2.35. The second-order valence-electron chi connectivity index (χ2n) is 4.00. The molecule has 3 N–H and O–H groups in total. The molecule has 16 heavy (non-hydrogen) atoms. The molecule has 0 saturated carbocycles. The molecule has 0 aliphatic rings. The molecule has 0 fully saturated rings. The van der Waals surface area contributed by atoms with Crippen LogP contribution in [0.25, 0.3) is 0 Å². The number of rotatable bonds is 9. The molecule has 0 aromatic heterocycles. The van der Waals surface area contributed by atoms with Gasteiger partial charge in [0, 0.05) is 26.2 Å². The van der Waals surface area contributed by atoms with Crippen LogP contribution in [-0.4, -0.2) is 48.2 Å². The number of carbonyl (C=O) groups is 1. The quantitative estimate of drug-likeness (QED) is 0.492. The Bertz CT molecular complexity index is 176. The summed E-state index contributed by atoms with van der Waals surface area (Å²) in [6, 6.07) is 0. The van der Waals surface area contributed by atoms with E-state index in [0.29, 0.717) is 25.7 Å². The number of aliphatic hydroxyl groups excluding tert-OH is 3. The molecule has 0 bridgehead atoms. The summed E-state index contributed by atoms with van der Waals surface area (Å²) in [5.74, 6) is -0.307. The Morgan fingerprint density at radius 2 is 1.44 bits per heavy atom. The first-order valence-corrected chi connectivity index (χ1v) is 5.53. The summed E-state index contributed by atoms with van der Waals surface area (Å²) in [5, 5.41) is 27.0. The lowest BCUT2D eigenvalue weighted by Crippen LogP contribution is -2.26. The van der Waals surface area contributed by atoms with Gasteiger partial charge in [0.1, 0.15) is 0 Å². The predicted octanol–water partition coefficient (Wildman–Crippen LogP) is 0.0732. The van der Waals surface area contributed by atoms with Crippen LogP contribution in [0.15, 0.2) is 0 Å². The molecule has 0 unspecified atom stereocenters. The maximum atomic E-state index is 11.1. The van der Waals surface area contributed by atoms with E-state index in [4.69, 9.17) is 15.3 Å². The van der Waals surface area contributed by atoms with Gasteiger partial charge in [0.05, 0.1) is 7.11 Å². The molecule has 0 radical (unpaired) electrons. The number of methoxy groups -OCH3 is 1. The molecule has 0 rings (SSSR count). The van der Waals surface area contributed by atoms with Crippen molar-refractivity contribution in [3.8, 4) is 0 Å². The van der Waals surface area contributed by atoms with E-state index >= 15 is 0 Å². The van der Waals surface area contributed by atoms with Gasteiger partial charge < -0.3 is 20.1 Å². The van der Waals surface area contributed by atoms with Crippen molar-refractivity contribution in [1.29, 1.82) is 0 Å². The molecule has 0 aromatic carbocycles. The molecule has 0 aliphatic carbocycles. The van der Waals surface area contributed by atoms with Gasteiger partial charge in [0.2, 0.25) is 0 Å². The molecule has 0 aromatic rings. The largest absolute Gasteiger partial charge is 0.469 e. The molecule has 5 nitrogen and oxygen atoms in total. The third-order valence-corrected chi connectivity index (χ3v) is 3.01. The van der Waals surface area contributed by atoms with Gasteiger partial charge >= 0.3 is 5.97 Å². The van der Waals surface area contributed by atoms with Crippen LogP contribution < -0.4 is 0 Å². The lowest BCUT2D eigenvalue weighted by atomic mass is 9.75. The highest BCUT2D eigenvalue weighted by molar-refractivity contribution is 5.69. The average molecular weight is 234 g/mol. The fourth-order valence-electron chi connectivity index (χ4n) is 1.93. The summed E-state index contributed by atoms with van der Waals surface area (Å²) in [4.78, 5) is 11.1. The molecular weight excluding hydrogens is 212 g/mol. The minimum Gasteiger partial charge on any atom is -0.469 e. The monoisotopic (exact) mass is 234 g/mol. The molecule has 0 amide bonds. The third-order valence-electron chi connectivity index (χ3n) is 3.01. The minimum atomic E-state index is -0.369. The van der Waals surface area contributed by atoms with Gasteiger partial charge in [-0.15, -0.1) is 0 Å². The standard InChI is InChI=1S/C11H22O5/c1-16-10(15)2-3-11(4-7-12,5-8-13)6-9-14/h12-14H,2-9H2,1H3. The van der Waals surface area contributed by atoms with Gasteiger partial charge in [0.15, 0.2) is 0 Å². The summed E-state index contributed by atoms with van der Waals surface area (Å²) < 4.78 is 4.55. The Hall–Kier alpha value is -0.650. The van der Waals surface area contributed by atoms with E-state index < -0.39 is 0 Å². The van der Waals surface area contributed by atoms with Crippen LogP contribution in [-0.2, 0) is 9.53 Å². The van der Waals surface area contributed by atoms with Crippen molar-refractivity contribution in [3.05, 3.63) is 0 Å². The van der Waals surface area contributed by atoms with Crippen LogP contribution in [0.5, 0.6) is 0 Å². The van der Waals surface area contributed by atoms with Gasteiger partial charge in [-0.1, -0.05) is 0 Å². The fraction of sp³-hybridized carbons (Fsp3) is 0.909. The zero-order valence-corrected chi connectivity index (χ0v) is 9.81. The smallest absolute Gasteiger partial charge is 0.305 e. The SMILES string of the molecule is COC(=O)CCC(CCO)(CCO)CCO. The number of hydrogen-bond acceptors (Lipinski definition) is 5.